The highest BCUT2D eigenvalue weighted by Gasteiger charge is 2.52. The first-order chi connectivity index (χ1) is 16.1. The highest BCUT2D eigenvalue weighted by molar-refractivity contribution is 7.93. The number of benzene rings is 2. The van der Waals surface area contributed by atoms with Crippen LogP contribution in [0.2, 0.25) is 0 Å². The van der Waals surface area contributed by atoms with Crippen molar-refractivity contribution in [2.75, 3.05) is 12.3 Å². The van der Waals surface area contributed by atoms with Crippen molar-refractivity contribution in [1.29, 1.82) is 4.78 Å². The fraction of sp³-hybridized carbons (Fsp3) is 0.318. The maximum Gasteiger partial charge on any atom is 0.315 e. The molecule has 4 rings (SSSR count). The molecule has 2 amide bonds. The number of halogens is 3. The number of nitrogens with zero attached hydrogens (tertiary/aromatic N) is 3. The van der Waals surface area contributed by atoms with Crippen LogP contribution in [0.15, 0.2) is 52.9 Å². The van der Waals surface area contributed by atoms with Gasteiger partial charge in [-0.3, -0.25) is 4.78 Å². The monoisotopic (exact) mass is 493 g/mol. The lowest BCUT2D eigenvalue weighted by molar-refractivity contribution is 0.112. The van der Waals surface area contributed by atoms with E-state index in [0.717, 1.165) is 6.07 Å². The smallest absolute Gasteiger partial charge is 0.315 e. The van der Waals surface area contributed by atoms with Gasteiger partial charge in [0.25, 0.3) is 5.89 Å². The van der Waals surface area contributed by atoms with E-state index in [2.05, 4.69) is 10.2 Å². The van der Waals surface area contributed by atoms with E-state index in [1.807, 2.05) is 0 Å². The Morgan fingerprint density at radius 1 is 1.29 bits per heavy atom. The molecule has 2 aromatic carbocycles. The summed E-state index contributed by atoms with van der Waals surface area (Å²) in [5.41, 5.74) is 5.17. The molecule has 1 fully saturated rings. The van der Waals surface area contributed by atoms with Gasteiger partial charge in [0, 0.05) is 24.3 Å². The van der Waals surface area contributed by atoms with E-state index in [-0.39, 0.29) is 35.7 Å². The van der Waals surface area contributed by atoms with Gasteiger partial charge >= 0.3 is 12.5 Å². The summed E-state index contributed by atoms with van der Waals surface area (Å²) >= 11 is 0. The zero-order valence-corrected chi connectivity index (χ0v) is 18.9. The largest absolute Gasteiger partial charge is 0.415 e. The number of nitrogens with one attached hydrogen (secondary N) is 1. The summed E-state index contributed by atoms with van der Waals surface area (Å²) in [7, 11) is -3.15. The van der Waals surface area contributed by atoms with Crippen LogP contribution in [0.5, 0.6) is 0 Å². The van der Waals surface area contributed by atoms with Crippen LogP contribution in [-0.2, 0) is 21.7 Å². The van der Waals surface area contributed by atoms with Crippen LogP contribution >= 0.6 is 0 Å². The Bertz CT molecular complexity index is 1320. The standard InChI is InChI=1S/C22H22F3N5O3S/c1-13-22(16-5-3-2-4-6-16,30(21(26)31)9-10-34(13,27)32)12-15-8-7-14(11-17(15)23)19-28-29-20(33-19)18(24)25/h2-8,11,13,18,27H,9-10,12H2,1H3,(H2,26,31). The van der Waals surface area contributed by atoms with Crippen molar-refractivity contribution >= 4 is 15.8 Å². The quantitative estimate of drug-likeness (QED) is 0.554. The number of primary amides is 1. The number of hydrogen-bond acceptors (Lipinski definition) is 6. The molecule has 0 spiro atoms. The molecule has 0 aliphatic carbocycles. The molecule has 8 nitrogen and oxygen atoms in total. The number of alkyl halides is 2. The minimum Gasteiger partial charge on any atom is -0.415 e. The molecule has 0 radical (unpaired) electrons. The molecule has 180 valence electrons. The molecule has 1 aliphatic rings. The molecule has 3 aromatic rings. The Labute approximate surface area is 193 Å². The maximum absolute atomic E-state index is 15.3. The lowest BCUT2D eigenvalue weighted by atomic mass is 9.79. The van der Waals surface area contributed by atoms with E-state index in [0.29, 0.717) is 5.56 Å². The zero-order valence-electron chi connectivity index (χ0n) is 18.1. The van der Waals surface area contributed by atoms with Gasteiger partial charge in [0.1, 0.15) is 5.82 Å². The van der Waals surface area contributed by atoms with Crippen molar-refractivity contribution in [2.45, 2.75) is 30.6 Å². The predicted octanol–water partition coefficient (Wildman–Crippen LogP) is 4.08. The van der Waals surface area contributed by atoms with E-state index >= 15 is 4.39 Å². The normalized spacial score (nSPS) is 25.0. The van der Waals surface area contributed by atoms with Gasteiger partial charge < -0.3 is 15.1 Å². The number of carbonyl (C=O) groups is 1. The lowest BCUT2D eigenvalue weighted by Gasteiger charge is -2.51. The fourth-order valence-electron chi connectivity index (χ4n) is 4.46. The van der Waals surface area contributed by atoms with Crippen molar-refractivity contribution in [1.82, 2.24) is 15.1 Å². The summed E-state index contributed by atoms with van der Waals surface area (Å²) in [4.78, 5) is 13.8. The van der Waals surface area contributed by atoms with Crippen molar-refractivity contribution in [3.63, 3.8) is 0 Å². The fourth-order valence-corrected chi connectivity index (χ4v) is 6.24. The SMILES string of the molecule is CC1C(Cc2ccc(-c3nnc(C(F)F)o3)cc2F)(c2ccccc2)N(C(N)=O)CCS1(=N)=O. The average molecular weight is 494 g/mol. The van der Waals surface area contributed by atoms with Crippen LogP contribution < -0.4 is 5.73 Å². The second-order valence-electron chi connectivity index (χ2n) is 8.08. The van der Waals surface area contributed by atoms with Crippen molar-refractivity contribution in [3.05, 3.63) is 71.4 Å². The van der Waals surface area contributed by atoms with Gasteiger partial charge in [-0.05, 0) is 30.2 Å². The number of amides is 2. The second-order valence-corrected chi connectivity index (χ2v) is 10.6. The molecule has 2 heterocycles. The Morgan fingerprint density at radius 2 is 2.00 bits per heavy atom. The van der Waals surface area contributed by atoms with Crippen molar-refractivity contribution in [2.24, 2.45) is 5.73 Å². The van der Waals surface area contributed by atoms with E-state index in [1.54, 1.807) is 37.3 Å². The van der Waals surface area contributed by atoms with Gasteiger partial charge in [-0.25, -0.2) is 13.4 Å². The summed E-state index contributed by atoms with van der Waals surface area (Å²) in [5.74, 6) is -1.90. The minimum atomic E-state index is -3.15. The Kier molecular flexibility index (Phi) is 6.11. The third-order valence-electron chi connectivity index (χ3n) is 6.27. The van der Waals surface area contributed by atoms with E-state index in [4.69, 9.17) is 14.9 Å². The van der Waals surface area contributed by atoms with Gasteiger partial charge in [0.05, 0.1) is 20.5 Å². The minimum absolute atomic E-state index is 0.0189. The van der Waals surface area contributed by atoms with Gasteiger partial charge in [0.15, 0.2) is 0 Å². The highest BCUT2D eigenvalue weighted by Crippen LogP contribution is 2.43. The Morgan fingerprint density at radius 3 is 2.59 bits per heavy atom. The third kappa shape index (κ3) is 4.02. The Hall–Kier alpha value is -3.41. The molecule has 3 atom stereocenters. The van der Waals surface area contributed by atoms with E-state index < -0.39 is 44.7 Å². The molecular weight excluding hydrogens is 471 g/mol. The van der Waals surface area contributed by atoms with Gasteiger partial charge in [-0.15, -0.1) is 10.2 Å². The van der Waals surface area contributed by atoms with E-state index in [1.165, 1.54) is 17.0 Å². The summed E-state index contributed by atoms with van der Waals surface area (Å²) in [5, 5.41) is 5.90. The van der Waals surface area contributed by atoms with Crippen LogP contribution in [0.4, 0.5) is 18.0 Å². The predicted molar refractivity (Wildman–Crippen MR) is 118 cm³/mol. The molecule has 1 aliphatic heterocycles. The number of aromatic nitrogens is 2. The number of rotatable bonds is 5. The van der Waals surface area contributed by atoms with Crippen LogP contribution in [0.25, 0.3) is 11.5 Å². The average Bonchev–Trinajstić information content (AvgIpc) is 3.29. The lowest BCUT2D eigenvalue weighted by Crippen LogP contribution is -2.65. The first-order valence-electron chi connectivity index (χ1n) is 10.3. The molecule has 12 heteroatoms. The number of urea groups is 1. The number of carbonyl (C=O) groups excluding carboxylic acids is 1. The summed E-state index contributed by atoms with van der Waals surface area (Å²) in [6.45, 7) is 1.59. The first-order valence-corrected chi connectivity index (χ1v) is 12.1. The zero-order chi connectivity index (χ0) is 24.7. The van der Waals surface area contributed by atoms with Crippen LogP contribution in [0.1, 0.15) is 30.4 Å². The van der Waals surface area contributed by atoms with Crippen molar-refractivity contribution in [3.8, 4) is 11.5 Å². The molecule has 0 saturated carbocycles. The molecular formula is C22H22F3N5O3S. The molecule has 3 unspecified atom stereocenters. The molecule has 34 heavy (non-hydrogen) atoms. The number of nitrogens with two attached hydrogens (primary N) is 1. The van der Waals surface area contributed by atoms with Gasteiger partial charge in [-0.1, -0.05) is 36.4 Å². The number of hydrogen-bond donors (Lipinski definition) is 2. The van der Waals surface area contributed by atoms with Gasteiger partial charge in [0.2, 0.25) is 5.89 Å². The van der Waals surface area contributed by atoms with E-state index in [9.17, 15) is 17.8 Å². The van der Waals surface area contributed by atoms with Crippen LogP contribution in [-0.4, -0.2) is 42.9 Å². The van der Waals surface area contributed by atoms with Crippen LogP contribution in [0, 0.1) is 10.6 Å². The maximum atomic E-state index is 15.3. The first kappa shape index (κ1) is 23.7. The van der Waals surface area contributed by atoms with Gasteiger partial charge in [-0.2, -0.15) is 8.78 Å². The third-order valence-corrected chi connectivity index (χ3v) is 8.59. The molecule has 0 bridgehead atoms. The summed E-state index contributed by atoms with van der Waals surface area (Å²) in [6.07, 6.45) is -3.07. The molecule has 3 N–H and O–H groups in total. The second kappa shape index (κ2) is 8.75. The summed E-state index contributed by atoms with van der Waals surface area (Å²) in [6, 6.07) is 11.8. The summed E-state index contributed by atoms with van der Waals surface area (Å²) < 4.78 is 67.3. The van der Waals surface area contributed by atoms with Crippen molar-refractivity contribution < 1.29 is 26.6 Å². The molecule has 1 saturated heterocycles. The Balaban J connectivity index is 1.82. The molecule has 1 aromatic heterocycles. The van der Waals surface area contributed by atoms with Crippen LogP contribution in [0.3, 0.4) is 0 Å². The highest BCUT2D eigenvalue weighted by atomic mass is 32.2. The topological polar surface area (TPSA) is 126 Å².